The fourth-order valence-electron chi connectivity index (χ4n) is 3.06. The summed E-state index contributed by atoms with van der Waals surface area (Å²) >= 11 is 0. The van der Waals surface area contributed by atoms with E-state index >= 15 is 0 Å². The molecule has 7 nitrogen and oxygen atoms in total. The number of ether oxygens (including phenoxy) is 1. The highest BCUT2D eigenvalue weighted by Gasteiger charge is 2.36. The molecular formula is C18H24FN5O2. The molecular weight excluding hydrogens is 337 g/mol. The number of nitrogens with zero attached hydrogens (tertiary/aromatic N) is 4. The number of anilines is 1. The first-order chi connectivity index (χ1) is 12.2. The highest BCUT2D eigenvalue weighted by Crippen LogP contribution is 2.25. The van der Waals surface area contributed by atoms with Gasteiger partial charge in [-0.25, -0.2) is 4.39 Å². The van der Waals surface area contributed by atoms with Gasteiger partial charge in [-0.1, -0.05) is 12.1 Å². The van der Waals surface area contributed by atoms with E-state index in [0.717, 1.165) is 11.6 Å². The maximum Gasteiger partial charge on any atom is 0.325 e. The van der Waals surface area contributed by atoms with Crippen molar-refractivity contribution >= 4 is 11.7 Å². The van der Waals surface area contributed by atoms with E-state index in [9.17, 15) is 9.18 Å². The highest BCUT2D eigenvalue weighted by molar-refractivity contribution is 5.76. The zero-order valence-corrected chi connectivity index (χ0v) is 15.5. The summed E-state index contributed by atoms with van der Waals surface area (Å²) in [5.74, 6) is 0.717. The number of carbonyl (C=O) groups is 1. The van der Waals surface area contributed by atoms with Gasteiger partial charge < -0.3 is 15.0 Å². The van der Waals surface area contributed by atoms with Crippen LogP contribution in [0.15, 0.2) is 18.2 Å². The van der Waals surface area contributed by atoms with E-state index in [0.29, 0.717) is 25.2 Å². The highest BCUT2D eigenvalue weighted by atomic mass is 19.1. The van der Waals surface area contributed by atoms with Crippen molar-refractivity contribution in [1.82, 2.24) is 19.7 Å². The van der Waals surface area contributed by atoms with E-state index in [4.69, 9.17) is 10.5 Å². The second-order valence-corrected chi connectivity index (χ2v) is 7.54. The van der Waals surface area contributed by atoms with Crippen LogP contribution in [0.25, 0.3) is 0 Å². The minimum atomic E-state index is -0.594. The SMILES string of the molecule is Cc1nnc2n1CC(C(=O)OC(C)(C)C)N(Cc1cccc(F)c1N)C2. The summed E-state index contributed by atoms with van der Waals surface area (Å²) in [4.78, 5) is 14.7. The smallest absolute Gasteiger partial charge is 0.325 e. The predicted molar refractivity (Wildman–Crippen MR) is 94.5 cm³/mol. The topological polar surface area (TPSA) is 86.3 Å². The molecule has 0 fully saturated rings. The summed E-state index contributed by atoms with van der Waals surface area (Å²) in [6.45, 7) is 8.45. The van der Waals surface area contributed by atoms with Crippen molar-refractivity contribution < 1.29 is 13.9 Å². The summed E-state index contributed by atoms with van der Waals surface area (Å²) < 4.78 is 21.3. The minimum absolute atomic E-state index is 0.0960. The predicted octanol–water partition coefficient (Wildman–Crippen LogP) is 2.03. The number of aryl methyl sites for hydroxylation is 1. The van der Waals surface area contributed by atoms with Crippen LogP contribution in [0.4, 0.5) is 10.1 Å². The molecule has 0 saturated heterocycles. The van der Waals surface area contributed by atoms with Crippen LogP contribution in [0.2, 0.25) is 0 Å². The normalized spacial score (nSPS) is 17.8. The Morgan fingerprint density at radius 3 is 2.81 bits per heavy atom. The van der Waals surface area contributed by atoms with Crippen LogP contribution < -0.4 is 5.73 Å². The number of nitrogens with two attached hydrogens (primary N) is 1. The lowest BCUT2D eigenvalue weighted by atomic mass is 10.1. The van der Waals surface area contributed by atoms with Gasteiger partial charge in [0, 0.05) is 6.54 Å². The molecule has 0 amide bonds. The molecule has 2 heterocycles. The van der Waals surface area contributed by atoms with Crippen LogP contribution in [0.3, 0.4) is 0 Å². The molecule has 0 radical (unpaired) electrons. The lowest BCUT2D eigenvalue weighted by Gasteiger charge is -2.36. The van der Waals surface area contributed by atoms with Crippen molar-refractivity contribution in [3.05, 3.63) is 41.2 Å². The van der Waals surface area contributed by atoms with Gasteiger partial charge in [-0.3, -0.25) is 9.69 Å². The molecule has 1 aliphatic rings. The van der Waals surface area contributed by atoms with Gasteiger partial charge in [0.2, 0.25) is 0 Å². The largest absolute Gasteiger partial charge is 0.459 e. The zero-order chi connectivity index (χ0) is 19.1. The number of halogens is 1. The maximum atomic E-state index is 13.8. The number of nitrogen functional groups attached to an aromatic ring is 1. The van der Waals surface area contributed by atoms with Gasteiger partial charge in [0.05, 0.1) is 18.8 Å². The second-order valence-electron chi connectivity index (χ2n) is 7.54. The third-order valence-corrected chi connectivity index (χ3v) is 4.35. The maximum absolute atomic E-state index is 13.8. The molecule has 1 aromatic heterocycles. The standard InChI is InChI=1S/C18H24FN5O2/c1-11-21-22-15-10-23(8-12-6-5-7-13(19)16(12)20)14(9-24(11)15)17(25)26-18(2,3)4/h5-7,14H,8-10,20H2,1-4H3. The van der Waals surface area contributed by atoms with Crippen molar-refractivity contribution in [3.63, 3.8) is 0 Å². The van der Waals surface area contributed by atoms with E-state index in [1.54, 1.807) is 12.1 Å². The number of hydrogen-bond acceptors (Lipinski definition) is 6. The first-order valence-electron chi connectivity index (χ1n) is 8.54. The lowest BCUT2D eigenvalue weighted by molar-refractivity contribution is -0.163. The van der Waals surface area contributed by atoms with Crippen LogP contribution >= 0.6 is 0 Å². The zero-order valence-electron chi connectivity index (χ0n) is 15.5. The van der Waals surface area contributed by atoms with E-state index < -0.39 is 17.5 Å². The minimum Gasteiger partial charge on any atom is -0.459 e. The van der Waals surface area contributed by atoms with Crippen LogP contribution in [0.5, 0.6) is 0 Å². The van der Waals surface area contributed by atoms with Crippen molar-refractivity contribution in [2.75, 3.05) is 5.73 Å². The summed E-state index contributed by atoms with van der Waals surface area (Å²) in [7, 11) is 0. The van der Waals surface area contributed by atoms with Gasteiger partial charge in [0.15, 0.2) is 0 Å². The molecule has 1 atom stereocenters. The summed E-state index contributed by atoms with van der Waals surface area (Å²) in [6, 6.07) is 4.16. The van der Waals surface area contributed by atoms with E-state index in [1.165, 1.54) is 6.07 Å². The lowest BCUT2D eigenvalue weighted by Crippen LogP contribution is -2.49. The third-order valence-electron chi connectivity index (χ3n) is 4.35. The van der Waals surface area contributed by atoms with Gasteiger partial charge in [0.1, 0.15) is 29.1 Å². The Hall–Kier alpha value is -2.48. The number of benzene rings is 1. The first kappa shape index (κ1) is 18.3. The molecule has 8 heteroatoms. The monoisotopic (exact) mass is 361 g/mol. The molecule has 0 aliphatic carbocycles. The Morgan fingerprint density at radius 1 is 1.38 bits per heavy atom. The Balaban J connectivity index is 1.91. The average Bonchev–Trinajstić information content (AvgIpc) is 2.90. The number of carbonyl (C=O) groups excluding carboxylic acids is 1. The van der Waals surface area contributed by atoms with Crippen LogP contribution in [-0.2, 0) is 29.2 Å². The quantitative estimate of drug-likeness (QED) is 0.665. The number of fused-ring (bicyclic) bond motifs is 1. The summed E-state index contributed by atoms with van der Waals surface area (Å²) in [5, 5.41) is 8.26. The van der Waals surface area contributed by atoms with Crippen molar-refractivity contribution in [2.45, 2.75) is 59.0 Å². The fourth-order valence-corrected chi connectivity index (χ4v) is 3.06. The molecule has 26 heavy (non-hydrogen) atoms. The molecule has 2 N–H and O–H groups in total. The van der Waals surface area contributed by atoms with E-state index in [1.807, 2.05) is 37.2 Å². The number of hydrogen-bond donors (Lipinski definition) is 1. The van der Waals surface area contributed by atoms with Crippen LogP contribution in [0.1, 0.15) is 38.0 Å². The third kappa shape index (κ3) is 3.70. The number of para-hydroxylation sites is 1. The van der Waals surface area contributed by atoms with E-state index in [-0.39, 0.29) is 11.7 Å². The molecule has 0 saturated carbocycles. The molecule has 3 rings (SSSR count). The molecule has 0 bridgehead atoms. The molecule has 0 spiro atoms. The summed E-state index contributed by atoms with van der Waals surface area (Å²) in [6.07, 6.45) is 0. The van der Waals surface area contributed by atoms with Crippen LogP contribution in [0, 0.1) is 12.7 Å². The Morgan fingerprint density at radius 2 is 2.12 bits per heavy atom. The van der Waals surface area contributed by atoms with Crippen molar-refractivity contribution in [2.24, 2.45) is 0 Å². The average molecular weight is 361 g/mol. The van der Waals surface area contributed by atoms with Crippen LogP contribution in [-0.4, -0.2) is 37.3 Å². The van der Waals surface area contributed by atoms with Gasteiger partial charge in [0.25, 0.3) is 0 Å². The summed E-state index contributed by atoms with van der Waals surface area (Å²) in [5.41, 5.74) is 6.00. The molecule has 1 aromatic carbocycles. The first-order valence-corrected chi connectivity index (χ1v) is 8.54. The van der Waals surface area contributed by atoms with Gasteiger partial charge in [-0.15, -0.1) is 10.2 Å². The number of aromatic nitrogens is 3. The Bertz CT molecular complexity index is 827. The molecule has 140 valence electrons. The van der Waals surface area contributed by atoms with Gasteiger partial charge in [-0.2, -0.15) is 0 Å². The number of rotatable bonds is 3. The van der Waals surface area contributed by atoms with Crippen molar-refractivity contribution in [1.29, 1.82) is 0 Å². The fraction of sp³-hybridized carbons (Fsp3) is 0.500. The Kier molecular flexibility index (Phi) is 4.70. The number of esters is 1. The second kappa shape index (κ2) is 6.68. The molecule has 2 aromatic rings. The van der Waals surface area contributed by atoms with E-state index in [2.05, 4.69) is 10.2 Å². The molecule has 1 unspecified atom stereocenters. The Labute approximate surface area is 151 Å². The van der Waals surface area contributed by atoms with Gasteiger partial charge in [-0.05, 0) is 39.3 Å². The van der Waals surface area contributed by atoms with Crippen molar-refractivity contribution in [3.8, 4) is 0 Å². The molecule has 1 aliphatic heterocycles. The van der Waals surface area contributed by atoms with Gasteiger partial charge >= 0.3 is 5.97 Å².